The van der Waals surface area contributed by atoms with Crippen LogP contribution in [0.1, 0.15) is 18.1 Å². The minimum Gasteiger partial charge on any atom is -0.464 e. The summed E-state index contributed by atoms with van der Waals surface area (Å²) in [6.07, 6.45) is -0.621. The van der Waals surface area contributed by atoms with Gasteiger partial charge in [0.25, 0.3) is 0 Å². The predicted molar refractivity (Wildman–Crippen MR) is 103 cm³/mol. The monoisotopic (exact) mass is 417 g/mol. The van der Waals surface area contributed by atoms with Crippen molar-refractivity contribution in [2.75, 3.05) is 13.7 Å². The van der Waals surface area contributed by atoms with Gasteiger partial charge in [0.2, 0.25) is 0 Å². The van der Waals surface area contributed by atoms with Gasteiger partial charge in [-0.2, -0.15) is 0 Å². The van der Waals surface area contributed by atoms with Gasteiger partial charge >= 0.3 is 12.1 Å². The summed E-state index contributed by atoms with van der Waals surface area (Å²) in [6, 6.07) is 18.6. The molecule has 0 aliphatic heterocycles. The van der Waals surface area contributed by atoms with Crippen LogP contribution >= 0.6 is 15.9 Å². The Morgan fingerprint density at radius 1 is 1.00 bits per heavy atom. The Labute approximate surface area is 161 Å². The third-order valence-corrected chi connectivity index (χ3v) is 4.46. The van der Waals surface area contributed by atoms with Gasteiger partial charge in [-0.05, 0) is 34.0 Å². The molecule has 6 heteroatoms. The number of amides is 1. The number of benzene rings is 2. The number of esters is 1. The van der Waals surface area contributed by atoms with E-state index in [1.165, 1.54) is 12.0 Å². The van der Waals surface area contributed by atoms with Gasteiger partial charge in [0, 0.05) is 6.54 Å². The first-order chi connectivity index (χ1) is 12.6. The van der Waals surface area contributed by atoms with E-state index in [1.807, 2.05) is 60.7 Å². The Bertz CT molecular complexity index is 775. The van der Waals surface area contributed by atoms with Gasteiger partial charge in [-0.3, -0.25) is 4.90 Å². The van der Waals surface area contributed by atoms with E-state index in [2.05, 4.69) is 15.9 Å². The minimum atomic E-state index is -0.626. The number of methoxy groups -OCH3 is 1. The number of hydrogen-bond donors (Lipinski definition) is 0. The van der Waals surface area contributed by atoms with Crippen LogP contribution in [0.3, 0.4) is 0 Å². The fourth-order valence-corrected chi connectivity index (χ4v) is 2.95. The molecule has 0 aliphatic carbocycles. The molecule has 1 amide bonds. The molecule has 0 fully saturated rings. The van der Waals surface area contributed by atoms with Crippen molar-refractivity contribution in [3.8, 4) is 0 Å². The van der Waals surface area contributed by atoms with Crippen LogP contribution in [0.25, 0.3) is 4.48 Å². The lowest BCUT2D eigenvalue weighted by molar-refractivity contribution is -0.137. The third kappa shape index (κ3) is 4.95. The zero-order chi connectivity index (χ0) is 18.9. The number of likely N-dealkylation sites (N-methyl/N-ethyl adjacent to an activating group) is 1. The summed E-state index contributed by atoms with van der Waals surface area (Å²) in [5.41, 5.74) is 1.71. The molecule has 26 heavy (non-hydrogen) atoms. The highest BCUT2D eigenvalue weighted by atomic mass is 79.9. The van der Waals surface area contributed by atoms with Gasteiger partial charge in [0.1, 0.15) is 12.3 Å². The maximum Gasteiger partial charge on any atom is 0.414 e. The Morgan fingerprint density at radius 2 is 1.58 bits per heavy atom. The summed E-state index contributed by atoms with van der Waals surface area (Å²) in [4.78, 5) is 26.2. The molecule has 0 aliphatic rings. The van der Waals surface area contributed by atoms with Crippen LogP contribution in [-0.2, 0) is 20.9 Å². The van der Waals surface area contributed by atoms with E-state index in [-0.39, 0.29) is 18.8 Å². The standard InChI is InChI=1S/C20H20BrNO4/c1-3-22(20(24)26-14-15-10-6-4-7-11-15)18(19(23)25-2)17(21)16-12-8-5-9-13-16/h4-13H,3,14H2,1-2H3/b18-17-. The zero-order valence-corrected chi connectivity index (χ0v) is 16.2. The zero-order valence-electron chi connectivity index (χ0n) is 14.6. The highest BCUT2D eigenvalue weighted by molar-refractivity contribution is 9.15. The Hall–Kier alpha value is -2.60. The first kappa shape index (κ1) is 19.7. The Morgan fingerprint density at radius 3 is 2.12 bits per heavy atom. The van der Waals surface area contributed by atoms with Crippen LogP contribution in [0, 0.1) is 0 Å². The summed E-state index contributed by atoms with van der Waals surface area (Å²) in [5, 5.41) is 0. The normalized spacial score (nSPS) is 11.3. The maximum atomic E-state index is 12.6. The molecular formula is C20H20BrNO4. The first-order valence-electron chi connectivity index (χ1n) is 8.10. The number of halogens is 1. The lowest BCUT2D eigenvalue weighted by Gasteiger charge is -2.23. The van der Waals surface area contributed by atoms with Crippen LogP contribution in [0.5, 0.6) is 0 Å². The molecule has 0 unspecified atom stereocenters. The number of hydrogen-bond acceptors (Lipinski definition) is 4. The summed E-state index contributed by atoms with van der Waals surface area (Å²) in [6.45, 7) is 2.13. The quantitative estimate of drug-likeness (QED) is 0.509. The Kier molecular flexibility index (Phi) is 7.41. The van der Waals surface area contributed by atoms with E-state index in [4.69, 9.17) is 9.47 Å². The molecular weight excluding hydrogens is 398 g/mol. The lowest BCUT2D eigenvalue weighted by atomic mass is 10.2. The topological polar surface area (TPSA) is 55.8 Å². The van der Waals surface area contributed by atoms with E-state index in [9.17, 15) is 9.59 Å². The molecule has 2 aromatic carbocycles. The van der Waals surface area contributed by atoms with Crippen LogP contribution in [0.4, 0.5) is 4.79 Å². The van der Waals surface area contributed by atoms with Crippen molar-refractivity contribution in [3.63, 3.8) is 0 Å². The average molecular weight is 418 g/mol. The van der Waals surface area contributed by atoms with E-state index in [0.29, 0.717) is 4.48 Å². The van der Waals surface area contributed by atoms with Crippen LogP contribution in [0.2, 0.25) is 0 Å². The fraction of sp³-hybridized carbons (Fsp3) is 0.200. The number of rotatable bonds is 6. The molecule has 2 aromatic rings. The van der Waals surface area contributed by atoms with Gasteiger partial charge in [0.15, 0.2) is 0 Å². The van der Waals surface area contributed by atoms with Crippen LogP contribution in [-0.4, -0.2) is 30.6 Å². The summed E-state index contributed by atoms with van der Waals surface area (Å²) in [7, 11) is 1.27. The SMILES string of the molecule is CCN(C(=O)OCc1ccccc1)/C(C(=O)OC)=C(\Br)c1ccccc1. The highest BCUT2D eigenvalue weighted by Gasteiger charge is 2.28. The number of carbonyl (C=O) groups is 2. The van der Waals surface area contributed by atoms with Gasteiger partial charge in [-0.25, -0.2) is 9.59 Å². The molecule has 0 atom stereocenters. The molecule has 0 N–H and O–H groups in total. The molecule has 0 saturated carbocycles. The number of ether oxygens (including phenoxy) is 2. The van der Waals surface area contributed by atoms with E-state index < -0.39 is 12.1 Å². The molecule has 5 nitrogen and oxygen atoms in total. The van der Waals surface area contributed by atoms with Crippen molar-refractivity contribution in [1.29, 1.82) is 0 Å². The van der Waals surface area contributed by atoms with Crippen LogP contribution < -0.4 is 0 Å². The average Bonchev–Trinajstić information content (AvgIpc) is 2.70. The smallest absolute Gasteiger partial charge is 0.414 e. The maximum absolute atomic E-state index is 12.6. The first-order valence-corrected chi connectivity index (χ1v) is 8.89. The Balaban J connectivity index is 2.29. The molecule has 0 saturated heterocycles. The summed E-state index contributed by atoms with van der Waals surface area (Å²) < 4.78 is 10.7. The van der Waals surface area contributed by atoms with Crippen molar-refractivity contribution >= 4 is 32.5 Å². The number of carbonyl (C=O) groups excluding carboxylic acids is 2. The second-order valence-corrected chi connectivity index (χ2v) is 6.10. The largest absolute Gasteiger partial charge is 0.464 e. The van der Waals surface area contributed by atoms with E-state index in [1.54, 1.807) is 6.92 Å². The molecule has 0 aromatic heterocycles. The summed E-state index contributed by atoms with van der Waals surface area (Å²) in [5.74, 6) is -0.626. The molecule has 2 rings (SSSR count). The predicted octanol–water partition coefficient (Wildman–Crippen LogP) is 4.58. The van der Waals surface area contributed by atoms with Crippen molar-refractivity contribution < 1.29 is 19.1 Å². The second-order valence-electron chi connectivity index (χ2n) is 5.30. The molecule has 0 spiro atoms. The lowest BCUT2D eigenvalue weighted by Crippen LogP contribution is -2.35. The van der Waals surface area contributed by atoms with Gasteiger partial charge in [-0.1, -0.05) is 60.7 Å². The van der Waals surface area contributed by atoms with Gasteiger partial charge in [-0.15, -0.1) is 0 Å². The van der Waals surface area contributed by atoms with Crippen molar-refractivity contribution in [1.82, 2.24) is 4.90 Å². The van der Waals surface area contributed by atoms with Crippen molar-refractivity contribution in [2.24, 2.45) is 0 Å². The third-order valence-electron chi connectivity index (χ3n) is 3.63. The molecule has 0 bridgehead atoms. The van der Waals surface area contributed by atoms with E-state index >= 15 is 0 Å². The second kappa shape index (κ2) is 9.77. The summed E-state index contributed by atoms with van der Waals surface area (Å²) >= 11 is 3.43. The van der Waals surface area contributed by atoms with E-state index in [0.717, 1.165) is 11.1 Å². The molecule has 0 heterocycles. The fourth-order valence-electron chi connectivity index (χ4n) is 2.31. The molecule has 136 valence electrons. The number of nitrogens with zero attached hydrogens (tertiary/aromatic N) is 1. The minimum absolute atomic E-state index is 0.0965. The van der Waals surface area contributed by atoms with Crippen molar-refractivity contribution in [3.05, 3.63) is 77.5 Å². The van der Waals surface area contributed by atoms with Crippen LogP contribution in [0.15, 0.2) is 66.4 Å². The molecule has 0 radical (unpaired) electrons. The van der Waals surface area contributed by atoms with Gasteiger partial charge in [0.05, 0.1) is 11.6 Å². The van der Waals surface area contributed by atoms with Crippen molar-refractivity contribution in [2.45, 2.75) is 13.5 Å². The highest BCUT2D eigenvalue weighted by Crippen LogP contribution is 2.28. The van der Waals surface area contributed by atoms with Gasteiger partial charge < -0.3 is 9.47 Å².